The largest absolute Gasteiger partial charge is 0.377 e. The smallest absolute Gasteiger partial charge is 0.276 e. The number of aromatic nitrogens is 1. The van der Waals surface area contributed by atoms with Crippen molar-refractivity contribution in [3.8, 4) is 10.4 Å². The maximum Gasteiger partial charge on any atom is 0.276 e. The normalized spacial score (nSPS) is 22.6. The molecule has 36 heavy (non-hydrogen) atoms. The summed E-state index contributed by atoms with van der Waals surface area (Å²) in [5, 5.41) is 3.10. The van der Waals surface area contributed by atoms with Crippen molar-refractivity contribution in [1.82, 2.24) is 10.3 Å². The van der Waals surface area contributed by atoms with Gasteiger partial charge in [-0.1, -0.05) is 24.3 Å². The summed E-state index contributed by atoms with van der Waals surface area (Å²) in [5.74, 6) is 0.788. The zero-order valence-corrected chi connectivity index (χ0v) is 20.8. The highest BCUT2D eigenvalue weighted by atomic mass is 32.1. The molecule has 2 unspecified atom stereocenters. The molecule has 2 aromatic heterocycles. The number of fused-ring (bicyclic) bond motifs is 5. The van der Waals surface area contributed by atoms with E-state index >= 15 is 0 Å². The topological polar surface area (TPSA) is 74.8 Å². The SMILES string of the molecule is O=C(NC1CC1)c1cc2c(s1)-c1ccccc1N(C(=O)c1cccc(N3C4CCC3COC4)n1)CC2. The molecule has 3 fully saturated rings. The van der Waals surface area contributed by atoms with Crippen molar-refractivity contribution >= 4 is 34.7 Å². The third-order valence-electron chi connectivity index (χ3n) is 7.69. The van der Waals surface area contributed by atoms with Gasteiger partial charge in [0.15, 0.2) is 0 Å². The summed E-state index contributed by atoms with van der Waals surface area (Å²) < 4.78 is 5.73. The summed E-state index contributed by atoms with van der Waals surface area (Å²) in [4.78, 5) is 37.4. The molecule has 2 amide bonds. The van der Waals surface area contributed by atoms with E-state index in [2.05, 4.69) is 10.2 Å². The molecule has 184 valence electrons. The van der Waals surface area contributed by atoms with E-state index in [9.17, 15) is 9.59 Å². The maximum atomic E-state index is 13.9. The van der Waals surface area contributed by atoms with Crippen LogP contribution in [0.1, 0.15) is 51.4 Å². The van der Waals surface area contributed by atoms with Gasteiger partial charge in [0.1, 0.15) is 11.5 Å². The van der Waals surface area contributed by atoms with Crippen LogP contribution in [0.5, 0.6) is 0 Å². The van der Waals surface area contributed by atoms with Gasteiger partial charge >= 0.3 is 0 Å². The van der Waals surface area contributed by atoms with Crippen LogP contribution < -0.4 is 15.1 Å². The number of carbonyl (C=O) groups excluding carboxylic acids is 2. The Bertz CT molecular complexity index is 1330. The average Bonchev–Trinajstić information content (AvgIpc) is 3.59. The Kier molecular flexibility index (Phi) is 5.32. The van der Waals surface area contributed by atoms with E-state index in [1.54, 1.807) is 0 Å². The van der Waals surface area contributed by atoms with Crippen molar-refractivity contribution in [3.05, 3.63) is 64.7 Å². The van der Waals surface area contributed by atoms with Crippen LogP contribution in [0.2, 0.25) is 0 Å². The molecule has 7 rings (SSSR count). The van der Waals surface area contributed by atoms with Crippen molar-refractivity contribution in [1.29, 1.82) is 0 Å². The Morgan fingerprint density at radius 3 is 2.61 bits per heavy atom. The van der Waals surface area contributed by atoms with Gasteiger partial charge in [0.2, 0.25) is 0 Å². The molecule has 1 N–H and O–H groups in total. The van der Waals surface area contributed by atoms with Gasteiger partial charge in [0.25, 0.3) is 11.8 Å². The second-order valence-corrected chi connectivity index (χ2v) is 11.2. The fraction of sp³-hybridized carbons (Fsp3) is 0.393. The van der Waals surface area contributed by atoms with E-state index < -0.39 is 0 Å². The molecule has 3 aromatic rings. The lowest BCUT2D eigenvalue weighted by molar-refractivity contribution is 0.0901. The first kappa shape index (κ1) is 22.0. The highest BCUT2D eigenvalue weighted by molar-refractivity contribution is 7.17. The van der Waals surface area contributed by atoms with Crippen LogP contribution in [-0.2, 0) is 11.2 Å². The Labute approximate surface area is 214 Å². The van der Waals surface area contributed by atoms with E-state index in [0.29, 0.717) is 36.8 Å². The number of anilines is 2. The number of hydrogen-bond donors (Lipinski definition) is 1. The number of morpholine rings is 1. The molecule has 2 atom stereocenters. The molecule has 2 saturated heterocycles. The van der Waals surface area contributed by atoms with Crippen molar-refractivity contribution in [2.75, 3.05) is 29.6 Å². The zero-order chi connectivity index (χ0) is 24.2. The molecular formula is C28H28N4O3S. The molecule has 0 radical (unpaired) electrons. The Hall–Kier alpha value is -3.23. The number of thiophene rings is 1. The third kappa shape index (κ3) is 3.79. The molecule has 1 aromatic carbocycles. The molecule has 1 aliphatic carbocycles. The van der Waals surface area contributed by atoms with Crippen LogP contribution in [0.25, 0.3) is 10.4 Å². The van der Waals surface area contributed by atoms with Crippen LogP contribution >= 0.6 is 11.3 Å². The Morgan fingerprint density at radius 1 is 1.00 bits per heavy atom. The molecule has 5 heterocycles. The maximum absolute atomic E-state index is 13.9. The molecule has 8 heteroatoms. The summed E-state index contributed by atoms with van der Waals surface area (Å²) in [7, 11) is 0. The quantitative estimate of drug-likeness (QED) is 0.579. The third-order valence-corrected chi connectivity index (χ3v) is 8.90. The zero-order valence-electron chi connectivity index (χ0n) is 20.0. The van der Waals surface area contributed by atoms with Gasteiger partial charge < -0.3 is 19.9 Å². The van der Waals surface area contributed by atoms with Crippen LogP contribution in [0.3, 0.4) is 0 Å². The predicted molar refractivity (Wildman–Crippen MR) is 140 cm³/mol. The van der Waals surface area contributed by atoms with Gasteiger partial charge in [0, 0.05) is 23.0 Å². The van der Waals surface area contributed by atoms with Crippen molar-refractivity contribution < 1.29 is 14.3 Å². The van der Waals surface area contributed by atoms with Crippen LogP contribution in [0, 0.1) is 0 Å². The van der Waals surface area contributed by atoms with Gasteiger partial charge in [-0.05, 0) is 61.9 Å². The summed E-state index contributed by atoms with van der Waals surface area (Å²) >= 11 is 1.52. The van der Waals surface area contributed by atoms with E-state index in [4.69, 9.17) is 9.72 Å². The lowest BCUT2D eigenvalue weighted by atomic mass is 10.1. The van der Waals surface area contributed by atoms with Gasteiger partial charge in [-0.25, -0.2) is 4.98 Å². The van der Waals surface area contributed by atoms with Crippen molar-refractivity contribution in [3.63, 3.8) is 0 Å². The van der Waals surface area contributed by atoms with E-state index in [1.165, 1.54) is 11.3 Å². The number of ether oxygens (including phenoxy) is 1. The van der Waals surface area contributed by atoms with Crippen LogP contribution in [0.4, 0.5) is 11.5 Å². The second-order valence-electron chi connectivity index (χ2n) is 10.1. The highest BCUT2D eigenvalue weighted by Gasteiger charge is 2.38. The minimum Gasteiger partial charge on any atom is -0.377 e. The highest BCUT2D eigenvalue weighted by Crippen LogP contribution is 2.42. The van der Waals surface area contributed by atoms with E-state index in [0.717, 1.165) is 71.3 Å². The number of amides is 2. The Balaban J connectivity index is 1.20. The summed E-state index contributed by atoms with van der Waals surface area (Å²) in [6, 6.07) is 16.8. The van der Waals surface area contributed by atoms with E-state index in [1.807, 2.05) is 53.4 Å². The van der Waals surface area contributed by atoms with Gasteiger partial charge in [-0.3, -0.25) is 9.59 Å². The minimum atomic E-state index is -0.0910. The molecular weight excluding hydrogens is 472 g/mol. The fourth-order valence-corrected chi connectivity index (χ4v) is 6.88. The number of carbonyl (C=O) groups is 2. The average molecular weight is 501 g/mol. The first-order valence-corrected chi connectivity index (χ1v) is 13.7. The lowest BCUT2D eigenvalue weighted by Crippen LogP contribution is -2.46. The number of rotatable bonds is 4. The van der Waals surface area contributed by atoms with Crippen LogP contribution in [-0.4, -0.2) is 54.7 Å². The van der Waals surface area contributed by atoms with Gasteiger partial charge in [0.05, 0.1) is 35.9 Å². The fourth-order valence-electron chi connectivity index (χ4n) is 5.73. The standard InChI is InChI=1S/C28H28N4O3S/c33-27(29-18-8-9-18)24-14-17-12-13-31(23-6-2-1-4-21(23)26(17)36-24)28(34)22-5-3-7-25(30-22)32-19-10-11-20(32)16-35-15-19/h1-7,14,18-20H,8-13,15-16H2,(H,29,33). The summed E-state index contributed by atoms with van der Waals surface area (Å²) in [6.45, 7) is 1.98. The van der Waals surface area contributed by atoms with Gasteiger partial charge in [-0.15, -0.1) is 11.3 Å². The first-order chi connectivity index (χ1) is 17.7. The molecule has 4 aliphatic rings. The van der Waals surface area contributed by atoms with Crippen molar-refractivity contribution in [2.24, 2.45) is 0 Å². The molecule has 0 spiro atoms. The first-order valence-electron chi connectivity index (χ1n) is 12.8. The number of para-hydroxylation sites is 1. The molecule has 7 nitrogen and oxygen atoms in total. The predicted octanol–water partition coefficient (Wildman–Crippen LogP) is 4.27. The van der Waals surface area contributed by atoms with Crippen molar-refractivity contribution in [2.45, 2.75) is 50.2 Å². The molecule has 2 bridgehead atoms. The van der Waals surface area contributed by atoms with Gasteiger partial charge in [-0.2, -0.15) is 0 Å². The monoisotopic (exact) mass is 500 g/mol. The number of nitrogens with zero attached hydrogens (tertiary/aromatic N) is 3. The summed E-state index contributed by atoms with van der Waals surface area (Å²) in [6.07, 6.45) is 5.04. The number of benzene rings is 1. The minimum absolute atomic E-state index is 0.0130. The molecule has 1 saturated carbocycles. The lowest BCUT2D eigenvalue weighted by Gasteiger charge is -2.35. The number of hydrogen-bond acceptors (Lipinski definition) is 6. The Morgan fingerprint density at radius 2 is 1.81 bits per heavy atom. The second kappa shape index (κ2) is 8.71. The van der Waals surface area contributed by atoms with Crippen LogP contribution in [0.15, 0.2) is 48.5 Å². The molecule has 3 aliphatic heterocycles. The van der Waals surface area contributed by atoms with E-state index in [-0.39, 0.29) is 11.8 Å². The summed E-state index contributed by atoms with van der Waals surface area (Å²) in [5.41, 5.74) is 3.45. The number of nitrogens with one attached hydrogen (secondary N) is 1. The number of pyridine rings is 1.